The van der Waals surface area contributed by atoms with Gasteiger partial charge in [0.1, 0.15) is 11.6 Å². The number of hydrogen-bond donors (Lipinski definition) is 0. The molecule has 0 aliphatic carbocycles. The molecule has 3 rings (SSSR count). The molecule has 11 nitrogen and oxygen atoms in total. The lowest BCUT2D eigenvalue weighted by atomic mass is 10.2. The minimum Gasteiger partial charge on any atom is -0.497 e. The summed E-state index contributed by atoms with van der Waals surface area (Å²) in [6.07, 6.45) is 9.30. The van der Waals surface area contributed by atoms with E-state index in [9.17, 15) is 14.2 Å². The van der Waals surface area contributed by atoms with Gasteiger partial charge in [0, 0.05) is 13.6 Å². The Labute approximate surface area is 240 Å². The molecule has 0 saturated carbocycles. The maximum Gasteiger partial charge on any atom is 0.475 e. The van der Waals surface area contributed by atoms with E-state index in [0.29, 0.717) is 11.6 Å². The van der Waals surface area contributed by atoms with E-state index in [1.165, 1.54) is 4.57 Å². The highest BCUT2D eigenvalue weighted by Gasteiger charge is 2.37. The highest BCUT2D eigenvalue weighted by molar-refractivity contribution is 7.48. The van der Waals surface area contributed by atoms with Crippen molar-refractivity contribution in [2.75, 3.05) is 13.7 Å². The average molecular weight is 587 g/mol. The van der Waals surface area contributed by atoms with Crippen molar-refractivity contribution in [1.29, 1.82) is 0 Å². The summed E-state index contributed by atoms with van der Waals surface area (Å²) in [6, 6.07) is 7.47. The van der Waals surface area contributed by atoms with Crippen molar-refractivity contribution in [3.8, 4) is 18.1 Å². The number of rotatable bonds is 11. The number of aryl methyl sites for hydroxylation is 2. The van der Waals surface area contributed by atoms with Gasteiger partial charge in [-0.05, 0) is 71.7 Å². The molecule has 0 bridgehead atoms. The largest absolute Gasteiger partial charge is 0.497 e. The van der Waals surface area contributed by atoms with Crippen LogP contribution in [0.2, 0.25) is 0 Å². The van der Waals surface area contributed by atoms with Crippen LogP contribution in [0, 0.1) is 12.3 Å². The van der Waals surface area contributed by atoms with Gasteiger partial charge in [0.05, 0.1) is 31.5 Å². The third kappa shape index (κ3) is 8.30. The van der Waals surface area contributed by atoms with Crippen LogP contribution < -0.4 is 16.0 Å². The number of ether oxygens (including phenoxy) is 1. The Morgan fingerprint density at radius 1 is 1.05 bits per heavy atom. The van der Waals surface area contributed by atoms with Crippen LogP contribution in [0.3, 0.4) is 0 Å². The Morgan fingerprint density at radius 3 is 2.29 bits per heavy atom. The van der Waals surface area contributed by atoms with E-state index in [-0.39, 0.29) is 37.3 Å². The van der Waals surface area contributed by atoms with Gasteiger partial charge in [0.25, 0.3) is 5.56 Å². The number of benzene rings is 1. The number of imidazole rings is 1. The molecule has 0 fully saturated rings. The Kier molecular flexibility index (Phi) is 9.88. The molecule has 0 atom stereocenters. The summed E-state index contributed by atoms with van der Waals surface area (Å²) in [7, 11) is -0.637. The first-order valence-electron chi connectivity index (χ1n) is 13.2. The van der Waals surface area contributed by atoms with Gasteiger partial charge in [-0.3, -0.25) is 22.9 Å². The van der Waals surface area contributed by atoms with Crippen LogP contribution in [0.25, 0.3) is 23.3 Å². The molecule has 2 aromatic heterocycles. The van der Waals surface area contributed by atoms with Crippen molar-refractivity contribution in [3.63, 3.8) is 0 Å². The van der Waals surface area contributed by atoms with Gasteiger partial charge >= 0.3 is 13.5 Å². The van der Waals surface area contributed by atoms with Crippen LogP contribution in [0.1, 0.15) is 59.4 Å². The zero-order chi connectivity index (χ0) is 30.6. The molecular formula is C29H39N4O7P. The lowest BCUT2D eigenvalue weighted by Crippen LogP contribution is -2.40. The number of methoxy groups -OCH3 is 1. The summed E-state index contributed by atoms with van der Waals surface area (Å²) < 4.78 is 39.6. The second-order valence-corrected chi connectivity index (χ2v) is 12.9. The summed E-state index contributed by atoms with van der Waals surface area (Å²) in [5.41, 5.74) is -1.38. The highest BCUT2D eigenvalue weighted by atomic mass is 31.2. The van der Waals surface area contributed by atoms with Crippen LogP contribution in [0.4, 0.5) is 0 Å². The lowest BCUT2D eigenvalue weighted by molar-refractivity contribution is 0.00286. The van der Waals surface area contributed by atoms with Crippen LogP contribution in [-0.4, -0.2) is 43.6 Å². The number of terminal acetylenes is 1. The molecule has 0 N–H and O–H groups in total. The van der Waals surface area contributed by atoms with Crippen molar-refractivity contribution in [3.05, 3.63) is 56.5 Å². The zero-order valence-electron chi connectivity index (χ0n) is 25.0. The van der Waals surface area contributed by atoms with Gasteiger partial charge in [-0.1, -0.05) is 24.1 Å². The summed E-state index contributed by atoms with van der Waals surface area (Å²) in [6.45, 7) is 10.4. The van der Waals surface area contributed by atoms with Crippen LogP contribution >= 0.6 is 7.82 Å². The predicted octanol–water partition coefficient (Wildman–Crippen LogP) is 4.85. The number of hydrogen-bond acceptors (Lipinski definition) is 8. The van der Waals surface area contributed by atoms with Gasteiger partial charge in [-0.25, -0.2) is 18.9 Å². The van der Waals surface area contributed by atoms with Crippen LogP contribution in [0.5, 0.6) is 5.75 Å². The standard InChI is InChI=1S/C29H39N4O7P/c1-10-17-33-26(34)24-25(30-23(31(24)8)16-15-21-13-11-14-22(20-21)37-9)32(27(33)35)18-12-19-38-41(36,39-28(2,3)4)40-29(5,6)7/h1,11,13-16,20H,12,17-19H2,2-9H3/b16-15+. The van der Waals surface area contributed by atoms with E-state index in [1.807, 2.05) is 30.3 Å². The smallest absolute Gasteiger partial charge is 0.475 e. The monoisotopic (exact) mass is 586 g/mol. The maximum absolute atomic E-state index is 13.4. The fraction of sp³-hybridized carbons (Fsp3) is 0.483. The van der Waals surface area contributed by atoms with E-state index < -0.39 is 30.3 Å². The van der Waals surface area contributed by atoms with Gasteiger partial charge in [-0.15, -0.1) is 6.42 Å². The maximum atomic E-state index is 13.4. The Balaban J connectivity index is 1.95. The molecule has 0 saturated heterocycles. The van der Waals surface area contributed by atoms with Gasteiger partial charge in [-0.2, -0.15) is 0 Å². The second-order valence-electron chi connectivity index (χ2n) is 11.4. The number of fused-ring (bicyclic) bond motifs is 1. The van der Waals surface area contributed by atoms with Crippen molar-refractivity contribution < 1.29 is 22.9 Å². The average Bonchev–Trinajstić information content (AvgIpc) is 3.18. The van der Waals surface area contributed by atoms with Gasteiger partial charge in [0.2, 0.25) is 0 Å². The Hall–Kier alpha value is -3.42. The fourth-order valence-corrected chi connectivity index (χ4v) is 5.85. The number of aromatic nitrogens is 4. The number of phosphoric acid groups is 1. The van der Waals surface area contributed by atoms with Crippen molar-refractivity contribution in [2.45, 2.75) is 72.3 Å². The fourth-order valence-electron chi connectivity index (χ4n) is 4.02. The molecule has 0 spiro atoms. The van der Waals surface area contributed by atoms with E-state index in [0.717, 1.165) is 10.1 Å². The molecule has 0 radical (unpaired) electrons. The molecule has 12 heteroatoms. The van der Waals surface area contributed by atoms with Gasteiger partial charge < -0.3 is 9.30 Å². The van der Waals surface area contributed by atoms with Crippen molar-refractivity contribution in [2.24, 2.45) is 7.05 Å². The third-order valence-electron chi connectivity index (χ3n) is 5.59. The molecule has 2 heterocycles. The quantitative estimate of drug-likeness (QED) is 0.178. The second kappa shape index (κ2) is 12.6. The SMILES string of the molecule is C#CCn1c(=O)c2c(nc(/C=C/c3cccc(OC)c3)n2C)n(CCCOP(=O)(OC(C)(C)C)OC(C)(C)C)c1=O. The zero-order valence-corrected chi connectivity index (χ0v) is 25.9. The van der Waals surface area contributed by atoms with Crippen LogP contribution in [-0.2, 0) is 38.3 Å². The topological polar surface area (TPSA) is 116 Å². The summed E-state index contributed by atoms with van der Waals surface area (Å²) in [5, 5.41) is 0. The minimum absolute atomic E-state index is 0.0406. The number of phosphoric ester groups is 1. The molecule has 0 aliphatic heterocycles. The normalized spacial score (nSPS) is 12.8. The summed E-state index contributed by atoms with van der Waals surface area (Å²) >= 11 is 0. The summed E-state index contributed by atoms with van der Waals surface area (Å²) in [4.78, 5) is 31.2. The number of nitrogens with zero attached hydrogens (tertiary/aromatic N) is 4. The van der Waals surface area contributed by atoms with Crippen molar-refractivity contribution >= 4 is 31.1 Å². The Morgan fingerprint density at radius 2 is 1.71 bits per heavy atom. The molecule has 41 heavy (non-hydrogen) atoms. The molecule has 222 valence electrons. The van der Waals surface area contributed by atoms with E-state index in [1.54, 1.807) is 66.3 Å². The van der Waals surface area contributed by atoms with E-state index in [2.05, 4.69) is 10.9 Å². The lowest BCUT2D eigenvalue weighted by Gasteiger charge is -2.30. The van der Waals surface area contributed by atoms with Crippen molar-refractivity contribution in [1.82, 2.24) is 18.7 Å². The van der Waals surface area contributed by atoms with E-state index in [4.69, 9.17) is 24.7 Å². The summed E-state index contributed by atoms with van der Waals surface area (Å²) in [5.74, 6) is 3.54. The minimum atomic E-state index is -3.93. The molecule has 0 unspecified atom stereocenters. The first-order chi connectivity index (χ1) is 19.1. The van der Waals surface area contributed by atoms with Gasteiger partial charge in [0.15, 0.2) is 11.2 Å². The van der Waals surface area contributed by atoms with Crippen LogP contribution in [0.15, 0.2) is 33.9 Å². The molecule has 0 amide bonds. The molecular weight excluding hydrogens is 547 g/mol. The molecule has 1 aromatic carbocycles. The third-order valence-corrected chi connectivity index (χ3v) is 7.63. The predicted molar refractivity (Wildman–Crippen MR) is 160 cm³/mol. The molecule has 0 aliphatic rings. The first kappa shape index (κ1) is 32.1. The Bertz CT molecular complexity index is 1610. The first-order valence-corrected chi connectivity index (χ1v) is 14.7. The molecule has 3 aromatic rings. The highest BCUT2D eigenvalue weighted by Crippen LogP contribution is 2.55. The van der Waals surface area contributed by atoms with E-state index >= 15 is 0 Å².